The van der Waals surface area contributed by atoms with Crippen LogP contribution in [-0.4, -0.2) is 25.6 Å². The van der Waals surface area contributed by atoms with E-state index < -0.39 is 0 Å². The topological polar surface area (TPSA) is 36.3 Å². The molecule has 1 rings (SSSR count). The van der Waals surface area contributed by atoms with E-state index in [1.165, 1.54) is 16.7 Å². The number of methoxy groups -OCH3 is 1. The van der Waals surface area contributed by atoms with Crippen molar-refractivity contribution < 1.29 is 4.74 Å². The van der Waals surface area contributed by atoms with E-state index in [1.54, 1.807) is 7.11 Å². The van der Waals surface area contributed by atoms with Crippen LogP contribution in [0.2, 0.25) is 0 Å². The lowest BCUT2D eigenvalue weighted by Gasteiger charge is -2.21. The molecule has 0 heterocycles. The van der Waals surface area contributed by atoms with Crippen LogP contribution in [0.1, 0.15) is 30.0 Å². The summed E-state index contributed by atoms with van der Waals surface area (Å²) >= 11 is 0. The molecule has 0 aliphatic heterocycles. The second kappa shape index (κ2) is 7.16. The molecule has 1 aromatic rings. The van der Waals surface area contributed by atoms with Gasteiger partial charge >= 0.3 is 0 Å². The normalized spacial score (nSPS) is 12.3. The van der Waals surface area contributed by atoms with Crippen molar-refractivity contribution in [2.45, 2.75) is 33.7 Å². The fourth-order valence-electron chi connectivity index (χ4n) is 2.44. The van der Waals surface area contributed by atoms with Crippen molar-refractivity contribution in [1.29, 1.82) is 5.26 Å². The van der Waals surface area contributed by atoms with Gasteiger partial charge in [-0.2, -0.15) is 5.26 Å². The molecule has 0 spiro atoms. The van der Waals surface area contributed by atoms with Crippen LogP contribution in [0.4, 0.5) is 0 Å². The molecule has 0 aromatic heterocycles. The smallest absolute Gasteiger partial charge is 0.126 e. The predicted molar refractivity (Wildman–Crippen MR) is 78.2 cm³/mol. The van der Waals surface area contributed by atoms with Gasteiger partial charge in [-0.1, -0.05) is 24.6 Å². The summed E-state index contributed by atoms with van der Waals surface area (Å²) in [5.74, 6) is 1.06. The van der Waals surface area contributed by atoms with Gasteiger partial charge in [-0.05, 0) is 32.9 Å². The molecule has 0 fully saturated rings. The Hall–Kier alpha value is -1.53. The maximum atomic E-state index is 9.03. The fourth-order valence-corrected chi connectivity index (χ4v) is 2.44. The monoisotopic (exact) mass is 260 g/mol. The van der Waals surface area contributed by atoms with Crippen LogP contribution < -0.4 is 4.74 Å². The molecule has 0 saturated carbocycles. The predicted octanol–water partition coefficient (Wildman–Crippen LogP) is 3.29. The number of ether oxygens (including phenoxy) is 1. The first kappa shape index (κ1) is 15.5. The number of hydrogen-bond acceptors (Lipinski definition) is 3. The summed E-state index contributed by atoms with van der Waals surface area (Å²) < 4.78 is 5.50. The van der Waals surface area contributed by atoms with Gasteiger partial charge in [0.1, 0.15) is 5.75 Å². The second-order valence-corrected chi connectivity index (χ2v) is 5.21. The third kappa shape index (κ3) is 4.25. The van der Waals surface area contributed by atoms with Crippen LogP contribution in [0.3, 0.4) is 0 Å². The Balaban J connectivity index is 2.84. The summed E-state index contributed by atoms with van der Waals surface area (Å²) in [6.45, 7) is 7.83. The summed E-state index contributed by atoms with van der Waals surface area (Å²) in [5, 5.41) is 9.03. The van der Waals surface area contributed by atoms with E-state index in [4.69, 9.17) is 10.00 Å². The molecule has 0 N–H and O–H groups in total. The SMILES string of the molecule is CCC(C#N)CN(C)Cc1cc(C)cc(C)c1OC. The Labute approximate surface area is 116 Å². The number of rotatable bonds is 6. The van der Waals surface area contributed by atoms with Crippen molar-refractivity contribution in [3.63, 3.8) is 0 Å². The summed E-state index contributed by atoms with van der Waals surface area (Å²) in [4.78, 5) is 2.19. The van der Waals surface area contributed by atoms with Crippen LogP contribution in [0.25, 0.3) is 0 Å². The number of nitriles is 1. The van der Waals surface area contributed by atoms with Crippen molar-refractivity contribution >= 4 is 0 Å². The molecule has 0 radical (unpaired) electrons. The molecule has 0 bridgehead atoms. The van der Waals surface area contributed by atoms with Crippen molar-refractivity contribution in [1.82, 2.24) is 4.90 Å². The van der Waals surface area contributed by atoms with Crippen molar-refractivity contribution in [3.05, 3.63) is 28.8 Å². The zero-order chi connectivity index (χ0) is 14.4. The molecule has 1 unspecified atom stereocenters. The van der Waals surface area contributed by atoms with Crippen molar-refractivity contribution in [3.8, 4) is 11.8 Å². The van der Waals surface area contributed by atoms with Gasteiger partial charge in [0.05, 0.1) is 19.1 Å². The number of nitrogens with zero attached hydrogens (tertiary/aromatic N) is 2. The zero-order valence-corrected chi connectivity index (χ0v) is 12.7. The highest BCUT2D eigenvalue weighted by Gasteiger charge is 2.13. The average Bonchev–Trinajstić information content (AvgIpc) is 2.35. The fraction of sp³-hybridized carbons (Fsp3) is 0.562. The van der Waals surface area contributed by atoms with Crippen LogP contribution in [0, 0.1) is 31.1 Å². The van der Waals surface area contributed by atoms with E-state index >= 15 is 0 Å². The van der Waals surface area contributed by atoms with Crippen LogP contribution in [0.15, 0.2) is 12.1 Å². The third-order valence-corrected chi connectivity index (χ3v) is 3.35. The minimum absolute atomic E-state index is 0.0990. The van der Waals surface area contributed by atoms with Gasteiger partial charge in [-0.15, -0.1) is 0 Å². The largest absolute Gasteiger partial charge is 0.496 e. The summed E-state index contributed by atoms with van der Waals surface area (Å²) in [7, 11) is 3.77. The second-order valence-electron chi connectivity index (χ2n) is 5.21. The number of aryl methyl sites for hydroxylation is 2. The van der Waals surface area contributed by atoms with E-state index in [2.05, 4.69) is 50.9 Å². The Kier molecular flexibility index (Phi) is 5.85. The summed E-state index contributed by atoms with van der Waals surface area (Å²) in [6, 6.07) is 6.64. The molecule has 19 heavy (non-hydrogen) atoms. The van der Waals surface area contributed by atoms with E-state index in [1.807, 2.05) is 0 Å². The average molecular weight is 260 g/mol. The van der Waals surface area contributed by atoms with Gasteiger partial charge < -0.3 is 9.64 Å². The first-order chi connectivity index (χ1) is 9.01. The van der Waals surface area contributed by atoms with Crippen LogP contribution in [-0.2, 0) is 6.54 Å². The first-order valence-electron chi connectivity index (χ1n) is 6.74. The molecular weight excluding hydrogens is 236 g/mol. The highest BCUT2D eigenvalue weighted by atomic mass is 16.5. The summed E-state index contributed by atoms with van der Waals surface area (Å²) in [5.41, 5.74) is 3.60. The molecule has 3 nitrogen and oxygen atoms in total. The molecule has 0 amide bonds. The van der Waals surface area contributed by atoms with Gasteiger partial charge in [-0.25, -0.2) is 0 Å². The lowest BCUT2D eigenvalue weighted by molar-refractivity contribution is 0.286. The Morgan fingerprint density at radius 1 is 1.37 bits per heavy atom. The van der Waals surface area contributed by atoms with Gasteiger partial charge in [0.2, 0.25) is 0 Å². The lowest BCUT2D eigenvalue weighted by atomic mass is 10.0. The Morgan fingerprint density at radius 3 is 2.58 bits per heavy atom. The molecule has 1 aromatic carbocycles. The van der Waals surface area contributed by atoms with Crippen LogP contribution >= 0.6 is 0 Å². The molecule has 104 valence electrons. The van der Waals surface area contributed by atoms with E-state index in [0.29, 0.717) is 0 Å². The Bertz CT molecular complexity index is 463. The minimum Gasteiger partial charge on any atom is -0.496 e. The lowest BCUT2D eigenvalue weighted by Crippen LogP contribution is -2.24. The van der Waals surface area contributed by atoms with E-state index in [0.717, 1.165) is 25.3 Å². The maximum Gasteiger partial charge on any atom is 0.126 e. The molecule has 0 aliphatic carbocycles. The first-order valence-corrected chi connectivity index (χ1v) is 6.74. The van der Waals surface area contributed by atoms with Crippen LogP contribution in [0.5, 0.6) is 5.75 Å². The maximum absolute atomic E-state index is 9.03. The quantitative estimate of drug-likeness (QED) is 0.787. The molecule has 0 aliphatic rings. The van der Waals surface area contributed by atoms with E-state index in [-0.39, 0.29) is 5.92 Å². The van der Waals surface area contributed by atoms with Gasteiger partial charge in [0.25, 0.3) is 0 Å². The molecular formula is C16H24N2O. The van der Waals surface area contributed by atoms with Crippen molar-refractivity contribution in [2.75, 3.05) is 20.7 Å². The number of benzene rings is 1. The minimum atomic E-state index is 0.0990. The highest BCUT2D eigenvalue weighted by Crippen LogP contribution is 2.26. The van der Waals surface area contributed by atoms with Gasteiger partial charge in [-0.3, -0.25) is 0 Å². The van der Waals surface area contributed by atoms with Gasteiger partial charge in [0, 0.05) is 18.7 Å². The molecule has 1 atom stereocenters. The highest BCUT2D eigenvalue weighted by molar-refractivity contribution is 5.43. The van der Waals surface area contributed by atoms with Crippen molar-refractivity contribution in [2.24, 2.45) is 5.92 Å². The zero-order valence-electron chi connectivity index (χ0n) is 12.7. The standard InChI is InChI=1S/C16H24N2O/c1-6-14(9-17)10-18(4)11-15-8-12(2)7-13(3)16(15)19-5/h7-8,14H,6,10-11H2,1-5H3. The summed E-state index contributed by atoms with van der Waals surface area (Å²) in [6.07, 6.45) is 0.894. The number of hydrogen-bond donors (Lipinski definition) is 0. The van der Waals surface area contributed by atoms with E-state index in [9.17, 15) is 0 Å². The molecule has 3 heteroatoms. The third-order valence-electron chi connectivity index (χ3n) is 3.35. The van der Waals surface area contributed by atoms with Gasteiger partial charge in [0.15, 0.2) is 0 Å². The molecule has 0 saturated heterocycles. The Morgan fingerprint density at radius 2 is 2.05 bits per heavy atom.